The average Bonchev–Trinajstić information content (AvgIpc) is 3.30. The summed E-state index contributed by atoms with van der Waals surface area (Å²) in [5, 5.41) is 72.0. The van der Waals surface area contributed by atoms with Crippen LogP contribution in [-0.2, 0) is 38.0 Å². The SMILES string of the molecule is CCCCC/C=C/C/C=C/CCCCCCCC(=O)O[C@H](COC(=O)CCCCCCC/C=C/CCCCCCC)CO[C@@H]1O[C@H](CO[C@@H]2O[C@H](CO)[C@H](O)C(O)C2O)[C@H](O)C(O)C1O. The monoisotopic (exact) mass is 929 g/mol. The van der Waals surface area contributed by atoms with Crippen molar-refractivity contribution < 1.29 is 73.8 Å². The molecule has 2 saturated heterocycles. The van der Waals surface area contributed by atoms with E-state index < -0.39 is 92.7 Å². The van der Waals surface area contributed by atoms with E-state index in [9.17, 15) is 45.3 Å². The molecule has 11 atom stereocenters. The number of rotatable bonds is 38. The van der Waals surface area contributed by atoms with Gasteiger partial charge in [-0.05, 0) is 70.6 Å². The van der Waals surface area contributed by atoms with E-state index in [-0.39, 0.29) is 26.1 Å². The summed E-state index contributed by atoms with van der Waals surface area (Å²) >= 11 is 0. The Hall–Kier alpha value is -2.28. The van der Waals surface area contributed by atoms with Gasteiger partial charge in [0.1, 0.15) is 55.4 Å². The van der Waals surface area contributed by atoms with Crippen LogP contribution in [0.4, 0.5) is 0 Å². The zero-order valence-corrected chi connectivity index (χ0v) is 39.7. The summed E-state index contributed by atoms with van der Waals surface area (Å²) in [5.41, 5.74) is 0. The zero-order chi connectivity index (χ0) is 47.5. The Morgan fingerprint density at radius 2 is 0.923 bits per heavy atom. The molecule has 2 aliphatic heterocycles. The van der Waals surface area contributed by atoms with Gasteiger partial charge in [0.2, 0.25) is 0 Å². The number of aliphatic hydroxyl groups is 7. The average molecular weight is 929 g/mol. The Bertz CT molecular complexity index is 1280. The molecule has 0 spiro atoms. The minimum atomic E-state index is -1.77. The van der Waals surface area contributed by atoms with E-state index in [0.717, 1.165) is 83.5 Å². The van der Waals surface area contributed by atoms with Crippen LogP contribution in [-0.4, -0.2) is 142 Å². The summed E-state index contributed by atoms with van der Waals surface area (Å²) in [7, 11) is 0. The maximum absolute atomic E-state index is 13.0. The Balaban J connectivity index is 1.84. The van der Waals surface area contributed by atoms with E-state index in [1.165, 1.54) is 51.4 Å². The van der Waals surface area contributed by atoms with Crippen molar-refractivity contribution in [1.29, 1.82) is 0 Å². The first-order valence-electron chi connectivity index (χ1n) is 25.1. The van der Waals surface area contributed by atoms with Crippen molar-refractivity contribution in [2.75, 3.05) is 26.4 Å². The molecule has 0 aromatic heterocycles. The molecule has 0 bridgehead atoms. The van der Waals surface area contributed by atoms with Crippen molar-refractivity contribution in [3.63, 3.8) is 0 Å². The fraction of sp³-hybridized carbons (Fsp3) is 0.840. The third kappa shape index (κ3) is 26.2. The van der Waals surface area contributed by atoms with Crippen molar-refractivity contribution in [2.24, 2.45) is 0 Å². The molecule has 4 unspecified atom stereocenters. The molecular formula is C50H88O15. The number of aliphatic hydroxyl groups excluding tert-OH is 7. The molecule has 15 heteroatoms. The highest BCUT2D eigenvalue weighted by Gasteiger charge is 2.47. The van der Waals surface area contributed by atoms with Gasteiger partial charge in [-0.3, -0.25) is 9.59 Å². The van der Waals surface area contributed by atoms with Crippen LogP contribution in [0.15, 0.2) is 36.5 Å². The lowest BCUT2D eigenvalue weighted by Gasteiger charge is -2.42. The highest BCUT2D eigenvalue weighted by atomic mass is 16.7. The quantitative estimate of drug-likeness (QED) is 0.0198. The van der Waals surface area contributed by atoms with Gasteiger partial charge < -0.3 is 64.2 Å². The van der Waals surface area contributed by atoms with E-state index in [0.29, 0.717) is 12.8 Å². The third-order valence-corrected chi connectivity index (χ3v) is 11.8. The lowest BCUT2D eigenvalue weighted by atomic mass is 9.98. The van der Waals surface area contributed by atoms with Crippen molar-refractivity contribution in [1.82, 2.24) is 0 Å². The molecule has 2 heterocycles. The van der Waals surface area contributed by atoms with Crippen LogP contribution in [0.3, 0.4) is 0 Å². The number of carbonyl (C=O) groups excluding carboxylic acids is 2. The second-order valence-corrected chi connectivity index (χ2v) is 17.6. The van der Waals surface area contributed by atoms with Gasteiger partial charge in [-0.15, -0.1) is 0 Å². The van der Waals surface area contributed by atoms with Crippen molar-refractivity contribution in [3.05, 3.63) is 36.5 Å². The number of carbonyl (C=O) groups is 2. The molecule has 378 valence electrons. The summed E-state index contributed by atoms with van der Waals surface area (Å²) in [5.74, 6) is -0.951. The highest BCUT2D eigenvalue weighted by molar-refractivity contribution is 5.70. The van der Waals surface area contributed by atoms with Crippen molar-refractivity contribution in [2.45, 2.75) is 242 Å². The normalized spacial score (nSPS) is 26.7. The van der Waals surface area contributed by atoms with Crippen LogP contribution in [0.2, 0.25) is 0 Å². The predicted molar refractivity (Wildman–Crippen MR) is 247 cm³/mol. The predicted octanol–water partition coefficient (Wildman–Crippen LogP) is 6.54. The molecule has 2 aliphatic rings. The second-order valence-electron chi connectivity index (χ2n) is 17.6. The lowest BCUT2D eigenvalue weighted by Crippen LogP contribution is -2.61. The fourth-order valence-corrected chi connectivity index (χ4v) is 7.65. The maximum atomic E-state index is 13.0. The molecule has 7 N–H and O–H groups in total. The second kappa shape index (κ2) is 37.7. The summed E-state index contributed by atoms with van der Waals surface area (Å²) < 4.78 is 33.5. The number of allylic oxidation sites excluding steroid dienone is 6. The summed E-state index contributed by atoms with van der Waals surface area (Å²) in [6, 6.07) is 0. The number of esters is 2. The van der Waals surface area contributed by atoms with Crippen LogP contribution >= 0.6 is 0 Å². The highest BCUT2D eigenvalue weighted by Crippen LogP contribution is 2.26. The van der Waals surface area contributed by atoms with Gasteiger partial charge in [0, 0.05) is 12.8 Å². The zero-order valence-electron chi connectivity index (χ0n) is 39.7. The molecule has 0 saturated carbocycles. The number of hydrogen-bond acceptors (Lipinski definition) is 15. The molecular weight excluding hydrogens is 841 g/mol. The molecule has 0 radical (unpaired) electrons. The first-order chi connectivity index (χ1) is 31.5. The van der Waals surface area contributed by atoms with Gasteiger partial charge in [-0.1, -0.05) is 127 Å². The Labute approximate surface area is 389 Å². The molecule has 65 heavy (non-hydrogen) atoms. The largest absolute Gasteiger partial charge is 0.462 e. The fourth-order valence-electron chi connectivity index (χ4n) is 7.65. The Kier molecular flexibility index (Phi) is 34.1. The van der Waals surface area contributed by atoms with Gasteiger partial charge in [0.15, 0.2) is 18.7 Å². The van der Waals surface area contributed by atoms with Crippen LogP contribution in [0.5, 0.6) is 0 Å². The minimum Gasteiger partial charge on any atom is -0.462 e. The number of hydrogen-bond donors (Lipinski definition) is 7. The first kappa shape index (κ1) is 58.8. The minimum absolute atomic E-state index is 0.147. The summed E-state index contributed by atoms with van der Waals surface area (Å²) in [6.45, 7) is 2.52. The third-order valence-electron chi connectivity index (χ3n) is 11.8. The Morgan fingerprint density at radius 3 is 1.48 bits per heavy atom. The molecule has 0 aliphatic carbocycles. The molecule has 15 nitrogen and oxygen atoms in total. The molecule has 2 fully saturated rings. The van der Waals surface area contributed by atoms with E-state index in [1.807, 2.05) is 0 Å². The van der Waals surface area contributed by atoms with Crippen molar-refractivity contribution >= 4 is 11.9 Å². The summed E-state index contributed by atoms with van der Waals surface area (Å²) in [6.07, 6.45) is 21.7. The van der Waals surface area contributed by atoms with E-state index in [4.69, 9.17) is 28.4 Å². The van der Waals surface area contributed by atoms with E-state index in [1.54, 1.807) is 0 Å². The van der Waals surface area contributed by atoms with Crippen LogP contribution in [0, 0.1) is 0 Å². The number of ether oxygens (including phenoxy) is 6. The molecule has 0 aromatic carbocycles. The smallest absolute Gasteiger partial charge is 0.306 e. The van der Waals surface area contributed by atoms with Crippen LogP contribution in [0.25, 0.3) is 0 Å². The van der Waals surface area contributed by atoms with Crippen molar-refractivity contribution in [3.8, 4) is 0 Å². The maximum Gasteiger partial charge on any atom is 0.306 e. The Morgan fingerprint density at radius 1 is 0.492 bits per heavy atom. The summed E-state index contributed by atoms with van der Waals surface area (Å²) in [4.78, 5) is 25.7. The number of unbranched alkanes of at least 4 members (excludes halogenated alkanes) is 18. The van der Waals surface area contributed by atoms with Gasteiger partial charge >= 0.3 is 11.9 Å². The first-order valence-corrected chi connectivity index (χ1v) is 25.1. The lowest BCUT2D eigenvalue weighted by molar-refractivity contribution is -0.332. The molecule has 0 amide bonds. The van der Waals surface area contributed by atoms with Gasteiger partial charge in [-0.25, -0.2) is 0 Å². The standard InChI is InChI=1S/C50H88O15/c1-3-5-7-9-11-13-15-17-19-21-23-25-27-29-31-33-42(53)63-38(35-60-41(52)32-30-28-26-24-22-20-18-16-14-12-10-8-6-4-2)36-61-49-48(59)46(57)44(55)40(65-49)37-62-50-47(58)45(56)43(54)39(34-51)64-50/h11,13,16-19,38-40,43-51,54-59H,3-10,12,14-15,20-37H2,1-2H3/b13-11+,18-16+,19-17+/t38-,39-,40-,43+,44+,45?,46?,47?,48?,49-,50-/m1/s1. The van der Waals surface area contributed by atoms with E-state index in [2.05, 4.69) is 50.3 Å². The topological polar surface area (TPSA) is 231 Å². The molecule has 0 aromatic rings. The van der Waals surface area contributed by atoms with E-state index >= 15 is 0 Å². The van der Waals surface area contributed by atoms with Gasteiger partial charge in [0.25, 0.3) is 0 Å². The van der Waals surface area contributed by atoms with Crippen LogP contribution in [0.1, 0.15) is 174 Å². The van der Waals surface area contributed by atoms with Gasteiger partial charge in [-0.2, -0.15) is 0 Å². The van der Waals surface area contributed by atoms with Crippen LogP contribution < -0.4 is 0 Å². The molecule has 2 rings (SSSR count). The van der Waals surface area contributed by atoms with Gasteiger partial charge in [0.05, 0.1) is 19.8 Å².